The first kappa shape index (κ1) is 24.4. The monoisotopic (exact) mass is 547 g/mol. The number of esters is 1. The van der Waals surface area contributed by atoms with E-state index >= 15 is 0 Å². The van der Waals surface area contributed by atoms with Crippen molar-refractivity contribution in [2.45, 2.75) is 6.92 Å². The number of nitrogens with one attached hydrogen (secondary N) is 2. The lowest BCUT2D eigenvalue weighted by atomic mass is 10.1. The van der Waals surface area contributed by atoms with Crippen LogP contribution in [0.15, 0.2) is 70.2 Å². The van der Waals surface area contributed by atoms with Crippen LogP contribution >= 0.6 is 39.1 Å². The second kappa shape index (κ2) is 11.1. The number of amides is 2. The topological polar surface area (TPSA) is 96.9 Å². The highest BCUT2D eigenvalue weighted by atomic mass is 79.9. The van der Waals surface area contributed by atoms with Gasteiger partial charge in [0.15, 0.2) is 0 Å². The summed E-state index contributed by atoms with van der Waals surface area (Å²) in [5.41, 5.74) is 4.00. The highest BCUT2D eigenvalue weighted by molar-refractivity contribution is 9.10. The molecule has 0 heterocycles. The molecular weight excluding hydrogens is 533 g/mol. The van der Waals surface area contributed by atoms with Crippen molar-refractivity contribution in [3.63, 3.8) is 0 Å². The fourth-order valence-electron chi connectivity index (χ4n) is 2.63. The predicted octanol–water partition coefficient (Wildman–Crippen LogP) is 5.37. The fraction of sp³-hybridized carbons (Fsp3) is 0.0435. The van der Waals surface area contributed by atoms with Gasteiger partial charge >= 0.3 is 17.8 Å². The van der Waals surface area contributed by atoms with Gasteiger partial charge in [-0.2, -0.15) is 5.10 Å². The van der Waals surface area contributed by atoms with Gasteiger partial charge in [0.1, 0.15) is 5.75 Å². The van der Waals surface area contributed by atoms with Crippen molar-refractivity contribution in [2.75, 3.05) is 5.32 Å². The molecule has 0 unspecified atom stereocenters. The summed E-state index contributed by atoms with van der Waals surface area (Å²) >= 11 is 15.2. The van der Waals surface area contributed by atoms with E-state index in [1.165, 1.54) is 18.3 Å². The maximum Gasteiger partial charge on any atom is 0.343 e. The number of nitrogens with zero attached hydrogens (tertiary/aromatic N) is 1. The summed E-state index contributed by atoms with van der Waals surface area (Å²) in [5, 5.41) is 6.70. The number of carbonyl (C=O) groups excluding carboxylic acids is 3. The second-order valence-electron chi connectivity index (χ2n) is 6.72. The molecule has 33 heavy (non-hydrogen) atoms. The van der Waals surface area contributed by atoms with Gasteiger partial charge in [-0.3, -0.25) is 9.59 Å². The standard InChI is InChI=1S/C23H16BrCl2N3O4/c1-13-3-2-4-14(9-13)23(32)33-20-8-5-16(24)10-15(20)12-27-29-22(31)21(30)28-19-11-17(25)6-7-18(19)26/h2-12H,1H3,(H,28,30)(H,29,31)/b27-12+. The second-order valence-corrected chi connectivity index (χ2v) is 8.48. The molecule has 0 aromatic heterocycles. The number of halogens is 3. The molecule has 0 atom stereocenters. The zero-order valence-electron chi connectivity index (χ0n) is 17.1. The molecule has 10 heteroatoms. The molecular formula is C23H16BrCl2N3O4. The summed E-state index contributed by atoms with van der Waals surface area (Å²) in [6.07, 6.45) is 1.25. The van der Waals surface area contributed by atoms with Crippen LogP contribution < -0.4 is 15.5 Å². The van der Waals surface area contributed by atoms with Crippen molar-refractivity contribution in [3.05, 3.63) is 91.9 Å². The molecule has 168 valence electrons. The van der Waals surface area contributed by atoms with Gasteiger partial charge in [0.05, 0.1) is 22.5 Å². The van der Waals surface area contributed by atoms with Crippen LogP contribution in [0.5, 0.6) is 5.75 Å². The fourth-order valence-corrected chi connectivity index (χ4v) is 3.34. The molecule has 0 aliphatic carbocycles. The van der Waals surface area contributed by atoms with Gasteiger partial charge in [-0.1, -0.05) is 56.8 Å². The molecule has 0 bridgehead atoms. The van der Waals surface area contributed by atoms with Crippen molar-refractivity contribution >= 4 is 68.8 Å². The minimum absolute atomic E-state index is 0.186. The summed E-state index contributed by atoms with van der Waals surface area (Å²) in [6, 6.07) is 16.3. The van der Waals surface area contributed by atoms with E-state index in [1.807, 2.05) is 13.0 Å². The van der Waals surface area contributed by atoms with Gasteiger partial charge in [0.25, 0.3) is 0 Å². The normalized spacial score (nSPS) is 10.7. The molecule has 3 aromatic rings. The van der Waals surface area contributed by atoms with Crippen LogP contribution in [0.3, 0.4) is 0 Å². The van der Waals surface area contributed by atoms with Crippen LogP contribution in [0.25, 0.3) is 0 Å². The lowest BCUT2D eigenvalue weighted by molar-refractivity contribution is -0.136. The van der Waals surface area contributed by atoms with Gasteiger partial charge in [-0.25, -0.2) is 10.2 Å². The number of ether oxygens (including phenoxy) is 1. The lowest BCUT2D eigenvalue weighted by Crippen LogP contribution is -2.32. The molecule has 0 aliphatic heterocycles. The van der Waals surface area contributed by atoms with E-state index < -0.39 is 17.8 Å². The van der Waals surface area contributed by atoms with E-state index in [2.05, 4.69) is 31.8 Å². The van der Waals surface area contributed by atoms with Gasteiger partial charge < -0.3 is 10.1 Å². The number of aryl methyl sites for hydroxylation is 1. The highest BCUT2D eigenvalue weighted by Gasteiger charge is 2.15. The first-order valence-corrected chi connectivity index (χ1v) is 11.0. The third kappa shape index (κ3) is 6.89. The van der Waals surface area contributed by atoms with Crippen molar-refractivity contribution in [2.24, 2.45) is 5.10 Å². The number of anilines is 1. The zero-order valence-corrected chi connectivity index (χ0v) is 20.2. The first-order chi connectivity index (χ1) is 15.7. The van der Waals surface area contributed by atoms with Gasteiger partial charge in [-0.05, 0) is 55.5 Å². The smallest absolute Gasteiger partial charge is 0.343 e. The van der Waals surface area contributed by atoms with Crippen LogP contribution in [-0.4, -0.2) is 24.0 Å². The zero-order chi connectivity index (χ0) is 24.0. The van der Waals surface area contributed by atoms with Crippen molar-refractivity contribution in [3.8, 4) is 5.75 Å². The molecule has 0 spiro atoms. The highest BCUT2D eigenvalue weighted by Crippen LogP contribution is 2.25. The quantitative estimate of drug-likeness (QED) is 0.147. The third-order valence-corrected chi connectivity index (χ3v) is 5.24. The Morgan fingerprint density at radius 2 is 1.79 bits per heavy atom. The summed E-state index contributed by atoms with van der Waals surface area (Å²) in [7, 11) is 0. The van der Waals surface area contributed by atoms with Gasteiger partial charge in [0.2, 0.25) is 0 Å². The lowest BCUT2D eigenvalue weighted by Gasteiger charge is -2.09. The van der Waals surface area contributed by atoms with Crippen LogP contribution in [0, 0.1) is 6.92 Å². The number of hydrogen-bond donors (Lipinski definition) is 2. The van der Waals surface area contributed by atoms with E-state index in [1.54, 1.807) is 42.5 Å². The van der Waals surface area contributed by atoms with Crippen molar-refractivity contribution < 1.29 is 19.1 Å². The molecule has 0 fully saturated rings. The van der Waals surface area contributed by atoms with E-state index in [9.17, 15) is 14.4 Å². The molecule has 0 saturated carbocycles. The third-order valence-electron chi connectivity index (χ3n) is 4.18. The summed E-state index contributed by atoms with van der Waals surface area (Å²) in [5.74, 6) is -2.34. The Balaban J connectivity index is 1.68. The minimum Gasteiger partial charge on any atom is -0.422 e. The molecule has 2 N–H and O–H groups in total. The molecule has 2 amide bonds. The predicted molar refractivity (Wildman–Crippen MR) is 131 cm³/mol. The summed E-state index contributed by atoms with van der Waals surface area (Å²) in [4.78, 5) is 36.6. The summed E-state index contributed by atoms with van der Waals surface area (Å²) < 4.78 is 6.17. The minimum atomic E-state index is -1.03. The summed E-state index contributed by atoms with van der Waals surface area (Å²) in [6.45, 7) is 1.87. The van der Waals surface area contributed by atoms with Gasteiger partial charge in [0, 0.05) is 15.1 Å². The van der Waals surface area contributed by atoms with Crippen LogP contribution in [0.2, 0.25) is 10.0 Å². The number of benzene rings is 3. The Morgan fingerprint density at radius 3 is 2.55 bits per heavy atom. The Morgan fingerprint density at radius 1 is 1.00 bits per heavy atom. The Bertz CT molecular complexity index is 1260. The van der Waals surface area contributed by atoms with E-state index in [0.717, 1.165) is 5.56 Å². The van der Waals surface area contributed by atoms with Crippen molar-refractivity contribution in [1.82, 2.24) is 5.43 Å². The first-order valence-electron chi connectivity index (χ1n) is 9.41. The Kier molecular flexibility index (Phi) is 8.21. The number of hydrazone groups is 1. The maximum absolute atomic E-state index is 12.5. The van der Waals surface area contributed by atoms with Gasteiger partial charge in [-0.15, -0.1) is 0 Å². The maximum atomic E-state index is 12.5. The number of hydrogen-bond acceptors (Lipinski definition) is 5. The molecule has 7 nitrogen and oxygen atoms in total. The van der Waals surface area contributed by atoms with Crippen LogP contribution in [0.4, 0.5) is 5.69 Å². The molecule has 3 aromatic carbocycles. The molecule has 0 saturated heterocycles. The average molecular weight is 549 g/mol. The Labute approximate surface area is 207 Å². The molecule has 0 radical (unpaired) electrons. The SMILES string of the molecule is Cc1cccc(C(=O)Oc2ccc(Br)cc2/C=N/NC(=O)C(=O)Nc2cc(Cl)ccc2Cl)c1. The number of rotatable bonds is 5. The number of carbonyl (C=O) groups is 3. The molecule has 3 rings (SSSR count). The molecule has 0 aliphatic rings. The average Bonchev–Trinajstić information content (AvgIpc) is 2.77. The Hall–Kier alpha value is -3.20. The van der Waals surface area contributed by atoms with E-state index in [0.29, 0.717) is 20.6 Å². The van der Waals surface area contributed by atoms with Crippen LogP contribution in [-0.2, 0) is 9.59 Å². The largest absolute Gasteiger partial charge is 0.422 e. The van der Waals surface area contributed by atoms with Crippen LogP contribution in [0.1, 0.15) is 21.5 Å². The van der Waals surface area contributed by atoms with E-state index in [4.69, 9.17) is 27.9 Å². The van der Waals surface area contributed by atoms with Crippen molar-refractivity contribution in [1.29, 1.82) is 0 Å². The van der Waals surface area contributed by atoms with E-state index in [-0.39, 0.29) is 16.5 Å².